The van der Waals surface area contributed by atoms with Crippen LogP contribution in [0.4, 0.5) is 0 Å². The Labute approximate surface area is 76.0 Å². The average Bonchev–Trinajstić information content (AvgIpc) is 2.04. The van der Waals surface area contributed by atoms with Crippen LogP contribution in [0.5, 0.6) is 0 Å². The largest absolute Gasteiger partial charge is 0.370 e. The molecule has 0 rings (SSSR count). The molecule has 0 saturated carbocycles. The molecular weight excluding hydrogens is 178 g/mol. The van der Waals surface area contributed by atoms with Crippen LogP contribution < -0.4 is 11.1 Å². The second kappa shape index (κ2) is 8.07. The van der Waals surface area contributed by atoms with Crippen molar-refractivity contribution < 1.29 is 0 Å². The van der Waals surface area contributed by atoms with Gasteiger partial charge in [-0.25, -0.2) is 0 Å². The van der Waals surface area contributed by atoms with Gasteiger partial charge >= 0.3 is 0 Å². The van der Waals surface area contributed by atoms with Gasteiger partial charge in [0.25, 0.3) is 0 Å². The molecule has 0 amide bonds. The van der Waals surface area contributed by atoms with Crippen molar-refractivity contribution in [3.63, 3.8) is 0 Å². The lowest BCUT2D eigenvalue weighted by Gasteiger charge is -2.02. The first-order valence-corrected chi connectivity index (χ1v) is 6.00. The summed E-state index contributed by atoms with van der Waals surface area (Å²) in [6, 6.07) is 0. The van der Waals surface area contributed by atoms with Gasteiger partial charge in [-0.1, -0.05) is 28.5 Å². The molecule has 0 heterocycles. The van der Waals surface area contributed by atoms with E-state index in [0.29, 0.717) is 5.96 Å². The van der Waals surface area contributed by atoms with Crippen LogP contribution in [0.25, 0.3) is 0 Å². The predicted octanol–water partition coefficient (Wildman–Crippen LogP) is 0.922. The predicted molar refractivity (Wildman–Crippen MR) is 56.1 cm³/mol. The molecule has 0 aromatic carbocycles. The summed E-state index contributed by atoms with van der Waals surface area (Å²) in [7, 11) is 5.39. The van der Waals surface area contributed by atoms with Gasteiger partial charge in [0.05, 0.1) is 0 Å². The Morgan fingerprint density at radius 1 is 1.55 bits per heavy atom. The highest BCUT2D eigenvalue weighted by molar-refractivity contribution is 8.76. The van der Waals surface area contributed by atoms with Crippen LogP contribution in [0, 0.1) is 0 Å². The van der Waals surface area contributed by atoms with E-state index >= 15 is 0 Å². The molecule has 0 atom stereocenters. The molecule has 0 aromatic heterocycles. The van der Waals surface area contributed by atoms with Crippen LogP contribution in [0.1, 0.15) is 6.92 Å². The highest BCUT2D eigenvalue weighted by Gasteiger charge is 1.89. The second-order valence-electron chi connectivity index (χ2n) is 1.76. The summed E-state index contributed by atoms with van der Waals surface area (Å²) in [5, 5.41) is 2.98. The van der Waals surface area contributed by atoms with E-state index in [-0.39, 0.29) is 0 Å². The zero-order valence-corrected chi connectivity index (χ0v) is 8.60. The number of aliphatic imine (C=N–C) groups is 1. The van der Waals surface area contributed by atoms with E-state index in [1.165, 1.54) is 0 Å². The lowest BCUT2D eigenvalue weighted by Crippen LogP contribution is -2.32. The number of nitrogens with zero attached hydrogens (tertiary/aromatic N) is 1. The molecule has 3 N–H and O–H groups in total. The van der Waals surface area contributed by atoms with Crippen LogP contribution >= 0.6 is 21.6 Å². The third-order valence-corrected chi connectivity index (χ3v) is 3.41. The highest BCUT2D eigenvalue weighted by Crippen LogP contribution is 2.18. The monoisotopic (exact) mass is 193 g/mol. The van der Waals surface area contributed by atoms with E-state index < -0.39 is 0 Å². The van der Waals surface area contributed by atoms with Crippen molar-refractivity contribution in [2.45, 2.75) is 6.92 Å². The summed E-state index contributed by atoms with van der Waals surface area (Å²) in [6.45, 7) is 3.04. The quantitative estimate of drug-likeness (QED) is 0.295. The molecular formula is C6H15N3S2. The van der Waals surface area contributed by atoms with E-state index in [1.807, 2.05) is 21.6 Å². The minimum Gasteiger partial charge on any atom is -0.370 e. The average molecular weight is 193 g/mol. The lowest BCUT2D eigenvalue weighted by molar-refractivity contribution is 0.961. The number of rotatable bonds is 5. The number of nitrogens with two attached hydrogens (primary N) is 1. The first-order valence-electron chi connectivity index (χ1n) is 3.51. The molecule has 0 fully saturated rings. The maximum absolute atomic E-state index is 5.41. The zero-order chi connectivity index (χ0) is 8.53. The molecule has 0 radical (unpaired) electrons. The second-order valence-corrected chi connectivity index (χ2v) is 4.64. The summed E-state index contributed by atoms with van der Waals surface area (Å²) < 4.78 is 0. The van der Waals surface area contributed by atoms with Crippen molar-refractivity contribution in [1.29, 1.82) is 0 Å². The normalized spacial score (nSPS) is 11.6. The van der Waals surface area contributed by atoms with Gasteiger partial charge < -0.3 is 11.1 Å². The Hall–Kier alpha value is -0.0300. The summed E-state index contributed by atoms with van der Waals surface area (Å²) in [5.41, 5.74) is 5.41. The smallest absolute Gasteiger partial charge is 0.188 e. The van der Waals surface area contributed by atoms with Gasteiger partial charge in [0.15, 0.2) is 5.96 Å². The SMILES string of the molecule is CCSSCCNC(N)=NC. The summed E-state index contributed by atoms with van der Waals surface area (Å²) in [4.78, 5) is 3.77. The Morgan fingerprint density at radius 3 is 2.82 bits per heavy atom. The van der Waals surface area contributed by atoms with Crippen LogP contribution in [-0.4, -0.2) is 31.1 Å². The fourth-order valence-electron chi connectivity index (χ4n) is 0.442. The fourth-order valence-corrected chi connectivity index (χ4v) is 2.02. The minimum atomic E-state index is 0.520. The first kappa shape index (κ1) is 11.0. The van der Waals surface area contributed by atoms with E-state index in [2.05, 4.69) is 17.2 Å². The molecule has 0 aliphatic carbocycles. The van der Waals surface area contributed by atoms with E-state index in [4.69, 9.17) is 5.73 Å². The Bertz CT molecular complexity index is 116. The fraction of sp³-hybridized carbons (Fsp3) is 0.833. The van der Waals surface area contributed by atoms with Gasteiger partial charge in [-0.15, -0.1) is 0 Å². The van der Waals surface area contributed by atoms with Gasteiger partial charge in [-0.3, -0.25) is 4.99 Å². The molecule has 5 heteroatoms. The van der Waals surface area contributed by atoms with E-state index in [9.17, 15) is 0 Å². The van der Waals surface area contributed by atoms with Gasteiger partial charge in [-0.05, 0) is 0 Å². The van der Waals surface area contributed by atoms with Gasteiger partial charge in [0.1, 0.15) is 0 Å². The Balaban J connectivity index is 3.02. The van der Waals surface area contributed by atoms with Crippen LogP contribution in [0.2, 0.25) is 0 Å². The molecule has 0 saturated heterocycles. The van der Waals surface area contributed by atoms with Crippen molar-refractivity contribution >= 4 is 27.5 Å². The van der Waals surface area contributed by atoms with E-state index in [0.717, 1.165) is 18.1 Å². The minimum absolute atomic E-state index is 0.520. The molecule has 0 unspecified atom stereocenters. The third kappa shape index (κ3) is 7.87. The van der Waals surface area contributed by atoms with Crippen molar-refractivity contribution in [2.75, 3.05) is 25.1 Å². The zero-order valence-electron chi connectivity index (χ0n) is 6.96. The van der Waals surface area contributed by atoms with Crippen molar-refractivity contribution in [1.82, 2.24) is 5.32 Å². The molecule has 0 aliphatic heterocycles. The first-order chi connectivity index (χ1) is 5.31. The summed E-state index contributed by atoms with van der Waals surface area (Å²) in [5.74, 6) is 2.74. The van der Waals surface area contributed by atoms with Crippen LogP contribution in [0.15, 0.2) is 4.99 Å². The summed E-state index contributed by atoms with van der Waals surface area (Å²) in [6.07, 6.45) is 0. The maximum atomic E-state index is 5.41. The Kier molecular flexibility index (Phi) is 8.05. The standard InChI is InChI=1S/C6H15N3S2/c1-3-10-11-5-4-9-6(7)8-2/h3-5H2,1-2H3,(H3,7,8,9). The number of hydrogen-bond acceptors (Lipinski definition) is 3. The molecule has 0 aromatic rings. The van der Waals surface area contributed by atoms with Gasteiger partial charge in [0, 0.05) is 25.1 Å². The van der Waals surface area contributed by atoms with Crippen LogP contribution in [-0.2, 0) is 0 Å². The van der Waals surface area contributed by atoms with Crippen molar-refractivity contribution in [3.05, 3.63) is 0 Å². The van der Waals surface area contributed by atoms with E-state index in [1.54, 1.807) is 7.05 Å². The number of guanidine groups is 1. The van der Waals surface area contributed by atoms with Crippen molar-refractivity contribution in [2.24, 2.45) is 10.7 Å². The summed E-state index contributed by atoms with van der Waals surface area (Å²) >= 11 is 0. The van der Waals surface area contributed by atoms with Crippen molar-refractivity contribution in [3.8, 4) is 0 Å². The van der Waals surface area contributed by atoms with Crippen LogP contribution in [0.3, 0.4) is 0 Å². The molecule has 66 valence electrons. The molecule has 0 bridgehead atoms. The number of nitrogens with one attached hydrogen (secondary N) is 1. The topological polar surface area (TPSA) is 50.4 Å². The lowest BCUT2D eigenvalue weighted by atomic mass is 10.7. The van der Waals surface area contributed by atoms with Gasteiger partial charge in [0.2, 0.25) is 0 Å². The maximum Gasteiger partial charge on any atom is 0.188 e. The third-order valence-electron chi connectivity index (χ3n) is 0.934. The molecule has 11 heavy (non-hydrogen) atoms. The highest BCUT2D eigenvalue weighted by atomic mass is 33.1. The molecule has 0 spiro atoms. The van der Waals surface area contributed by atoms with Gasteiger partial charge in [-0.2, -0.15) is 0 Å². The Morgan fingerprint density at radius 2 is 2.27 bits per heavy atom. The number of hydrogen-bond donors (Lipinski definition) is 2. The molecule has 3 nitrogen and oxygen atoms in total. The molecule has 0 aliphatic rings.